The highest BCUT2D eigenvalue weighted by molar-refractivity contribution is 5.97. The number of para-hydroxylation sites is 1. The molecule has 2 aromatic carbocycles. The second-order valence-corrected chi connectivity index (χ2v) is 6.55. The van der Waals surface area contributed by atoms with Crippen LogP contribution in [0.5, 0.6) is 0 Å². The summed E-state index contributed by atoms with van der Waals surface area (Å²) in [7, 11) is 0. The van der Waals surface area contributed by atoms with Crippen molar-refractivity contribution in [2.75, 3.05) is 6.61 Å². The second kappa shape index (κ2) is 6.47. The molecule has 0 amide bonds. The summed E-state index contributed by atoms with van der Waals surface area (Å²) in [5.41, 5.74) is 4.26. The normalized spacial score (nSPS) is 15.4. The van der Waals surface area contributed by atoms with Crippen LogP contribution < -0.4 is 0 Å². The third-order valence-electron chi connectivity index (χ3n) is 4.85. The molecule has 1 aromatic heterocycles. The van der Waals surface area contributed by atoms with E-state index in [-0.39, 0.29) is 0 Å². The molecule has 0 unspecified atom stereocenters. The van der Waals surface area contributed by atoms with Gasteiger partial charge < -0.3 is 9.72 Å². The van der Waals surface area contributed by atoms with Gasteiger partial charge in [-0.15, -0.1) is 0 Å². The fourth-order valence-corrected chi connectivity index (χ4v) is 3.62. The minimum Gasteiger partial charge on any atom is -0.365 e. The van der Waals surface area contributed by atoms with Crippen LogP contribution in [0.2, 0.25) is 0 Å². The van der Waals surface area contributed by atoms with Gasteiger partial charge in [0.1, 0.15) is 6.10 Å². The van der Waals surface area contributed by atoms with E-state index in [4.69, 9.17) is 4.74 Å². The van der Waals surface area contributed by atoms with E-state index in [1.54, 1.807) is 0 Å². The molecule has 0 fully saturated rings. The van der Waals surface area contributed by atoms with Gasteiger partial charge in [-0.25, -0.2) is 0 Å². The van der Waals surface area contributed by atoms with E-state index in [0.29, 0.717) is 6.61 Å². The van der Waals surface area contributed by atoms with Gasteiger partial charge in [-0.2, -0.15) is 13.2 Å². The van der Waals surface area contributed by atoms with Crippen molar-refractivity contribution in [1.29, 1.82) is 0 Å². The molecule has 0 saturated heterocycles. The first-order chi connectivity index (χ1) is 12.5. The smallest absolute Gasteiger partial charge is 0.365 e. The highest BCUT2D eigenvalue weighted by Gasteiger charge is 2.30. The molecule has 1 N–H and O–H groups in total. The molecule has 5 heteroatoms. The molecule has 0 aliphatic carbocycles. The number of aromatic amines is 1. The zero-order chi connectivity index (χ0) is 18.3. The fraction of sp³-hybridized carbons (Fsp3) is 0.286. The largest absolute Gasteiger partial charge is 0.416 e. The van der Waals surface area contributed by atoms with Crippen LogP contribution in [0.3, 0.4) is 0 Å². The third kappa shape index (κ3) is 2.90. The predicted octanol–water partition coefficient (Wildman–Crippen LogP) is 6.11. The van der Waals surface area contributed by atoms with Gasteiger partial charge in [-0.1, -0.05) is 43.7 Å². The molecule has 2 heterocycles. The zero-order valence-electron chi connectivity index (χ0n) is 14.4. The maximum absolute atomic E-state index is 12.8. The summed E-state index contributed by atoms with van der Waals surface area (Å²) in [6.45, 7) is 2.78. The van der Waals surface area contributed by atoms with Crippen molar-refractivity contribution < 1.29 is 17.9 Å². The molecule has 0 spiro atoms. The van der Waals surface area contributed by atoms with Crippen molar-refractivity contribution in [3.63, 3.8) is 0 Å². The highest BCUT2D eigenvalue weighted by atomic mass is 19.4. The van der Waals surface area contributed by atoms with Crippen molar-refractivity contribution in [3.05, 3.63) is 65.4 Å². The van der Waals surface area contributed by atoms with Crippen LogP contribution in [0.1, 0.15) is 36.6 Å². The topological polar surface area (TPSA) is 25.0 Å². The molecule has 3 aromatic rings. The standard InChI is InChI=1S/C21H19F3NO/c1-2-4-18-20-17(11-12-26-18)16-6-3-5-15(19(16)25-20)13-7-9-14(10-8-13)21(22,23)24/h3,5-10,25H,2,4,11-12H2,1H3. The van der Waals surface area contributed by atoms with Gasteiger partial charge in [0.15, 0.2) is 0 Å². The molecule has 135 valence electrons. The van der Waals surface area contributed by atoms with E-state index < -0.39 is 11.7 Å². The zero-order valence-corrected chi connectivity index (χ0v) is 14.4. The van der Waals surface area contributed by atoms with Crippen LogP contribution in [0.15, 0.2) is 42.5 Å². The number of H-pyrrole nitrogens is 1. The lowest BCUT2D eigenvalue weighted by Crippen LogP contribution is -2.16. The van der Waals surface area contributed by atoms with Crippen molar-refractivity contribution in [2.45, 2.75) is 32.4 Å². The second-order valence-electron chi connectivity index (χ2n) is 6.55. The molecule has 26 heavy (non-hydrogen) atoms. The fourth-order valence-electron chi connectivity index (χ4n) is 3.62. The van der Waals surface area contributed by atoms with Gasteiger partial charge in [0.05, 0.1) is 23.4 Å². The number of hydrogen-bond donors (Lipinski definition) is 1. The molecule has 0 bridgehead atoms. The molecule has 4 rings (SSSR count). The SMILES string of the molecule is CCC[C]1OCCc2c1[nH]c1c(-c3ccc(C(F)(F)F)cc3)cccc21. The first-order valence-corrected chi connectivity index (χ1v) is 8.79. The average Bonchev–Trinajstić information content (AvgIpc) is 3.01. The van der Waals surface area contributed by atoms with Crippen molar-refractivity contribution in [3.8, 4) is 11.1 Å². The van der Waals surface area contributed by atoms with E-state index in [0.717, 1.165) is 65.2 Å². The molecule has 2 nitrogen and oxygen atoms in total. The molecule has 1 radical (unpaired) electrons. The quantitative estimate of drug-likeness (QED) is 0.601. The Kier molecular flexibility index (Phi) is 4.27. The molecular formula is C21H19F3NO. The van der Waals surface area contributed by atoms with E-state index in [1.807, 2.05) is 12.1 Å². The minimum absolute atomic E-state index is 0.633. The van der Waals surface area contributed by atoms with Crippen LogP contribution >= 0.6 is 0 Å². The first kappa shape index (κ1) is 17.2. The number of hydrogen-bond acceptors (Lipinski definition) is 1. The van der Waals surface area contributed by atoms with Gasteiger partial charge in [-0.05, 0) is 36.1 Å². The summed E-state index contributed by atoms with van der Waals surface area (Å²) in [5, 5.41) is 1.12. The number of fused-ring (bicyclic) bond motifs is 3. The Balaban J connectivity index is 1.82. The number of alkyl halides is 3. The Morgan fingerprint density at radius 1 is 1.08 bits per heavy atom. The highest BCUT2D eigenvalue weighted by Crippen LogP contribution is 2.38. The van der Waals surface area contributed by atoms with Crippen LogP contribution in [-0.2, 0) is 17.3 Å². The minimum atomic E-state index is -4.32. The number of aromatic nitrogens is 1. The Labute approximate surface area is 150 Å². The summed E-state index contributed by atoms with van der Waals surface area (Å²) in [4.78, 5) is 3.48. The Morgan fingerprint density at radius 2 is 1.85 bits per heavy atom. The summed E-state index contributed by atoms with van der Waals surface area (Å²) in [5.74, 6) is 0. The van der Waals surface area contributed by atoms with Crippen LogP contribution in [0.4, 0.5) is 13.2 Å². The monoisotopic (exact) mass is 358 g/mol. The first-order valence-electron chi connectivity index (χ1n) is 8.79. The van der Waals surface area contributed by atoms with Crippen LogP contribution in [-0.4, -0.2) is 11.6 Å². The lowest BCUT2D eigenvalue weighted by molar-refractivity contribution is -0.137. The van der Waals surface area contributed by atoms with E-state index in [2.05, 4.69) is 18.0 Å². The Bertz CT molecular complexity index is 925. The summed E-state index contributed by atoms with van der Waals surface area (Å²) in [6.07, 6.45) is -0.648. The van der Waals surface area contributed by atoms with Gasteiger partial charge in [0, 0.05) is 10.9 Å². The van der Waals surface area contributed by atoms with Crippen molar-refractivity contribution in [1.82, 2.24) is 4.98 Å². The lowest BCUT2D eigenvalue weighted by atomic mass is 9.97. The number of nitrogens with one attached hydrogen (secondary N) is 1. The number of halogens is 3. The molecular weight excluding hydrogens is 339 g/mol. The summed E-state index contributed by atoms with van der Waals surface area (Å²) < 4.78 is 44.3. The maximum atomic E-state index is 12.8. The average molecular weight is 358 g/mol. The molecule has 0 atom stereocenters. The molecule has 1 aliphatic rings. The van der Waals surface area contributed by atoms with Gasteiger partial charge in [0.25, 0.3) is 0 Å². The van der Waals surface area contributed by atoms with Crippen LogP contribution in [0.25, 0.3) is 22.0 Å². The number of ether oxygens (including phenoxy) is 1. The summed E-state index contributed by atoms with van der Waals surface area (Å²) >= 11 is 0. The summed E-state index contributed by atoms with van der Waals surface area (Å²) in [6, 6.07) is 11.3. The van der Waals surface area contributed by atoms with E-state index in [9.17, 15) is 13.2 Å². The predicted molar refractivity (Wildman–Crippen MR) is 95.6 cm³/mol. The number of benzene rings is 2. The van der Waals surface area contributed by atoms with Crippen molar-refractivity contribution in [2.24, 2.45) is 0 Å². The maximum Gasteiger partial charge on any atom is 0.416 e. The van der Waals surface area contributed by atoms with Crippen molar-refractivity contribution >= 4 is 10.9 Å². The van der Waals surface area contributed by atoms with E-state index >= 15 is 0 Å². The lowest BCUT2D eigenvalue weighted by Gasteiger charge is -2.21. The van der Waals surface area contributed by atoms with Gasteiger partial charge in [-0.3, -0.25) is 0 Å². The molecule has 1 aliphatic heterocycles. The van der Waals surface area contributed by atoms with Gasteiger partial charge in [0.2, 0.25) is 0 Å². The number of rotatable bonds is 3. The Hall–Kier alpha value is -2.27. The third-order valence-corrected chi connectivity index (χ3v) is 4.85. The molecule has 0 saturated carbocycles. The van der Waals surface area contributed by atoms with E-state index in [1.165, 1.54) is 17.7 Å². The Morgan fingerprint density at radius 3 is 2.54 bits per heavy atom. The van der Waals surface area contributed by atoms with Crippen LogP contribution in [0, 0.1) is 6.10 Å². The van der Waals surface area contributed by atoms with Gasteiger partial charge >= 0.3 is 6.18 Å².